The number of aromatic nitrogens is 2. The molecule has 1 aromatic carbocycles. The lowest BCUT2D eigenvalue weighted by Gasteiger charge is -2.24. The van der Waals surface area contributed by atoms with Crippen LogP contribution in [0, 0.1) is 5.92 Å². The number of nitrogens with zero attached hydrogens (tertiary/aromatic N) is 2. The third-order valence-corrected chi connectivity index (χ3v) is 4.65. The van der Waals surface area contributed by atoms with Gasteiger partial charge in [0.15, 0.2) is 0 Å². The molecule has 1 amide bonds. The molecular weight excluding hydrogens is 304 g/mol. The van der Waals surface area contributed by atoms with E-state index in [2.05, 4.69) is 22.5 Å². The number of fused-ring (bicyclic) bond motifs is 2. The Morgan fingerprint density at radius 1 is 1.42 bits per heavy atom. The fraction of sp³-hybridized carbons (Fsp3) is 0.333. The predicted octanol–water partition coefficient (Wildman–Crippen LogP) is 2.08. The minimum Gasteiger partial charge on any atom is -0.460 e. The normalized spacial score (nSPS) is 17.1. The van der Waals surface area contributed by atoms with E-state index in [0.29, 0.717) is 18.0 Å². The molecule has 3 N–H and O–H groups in total. The van der Waals surface area contributed by atoms with Crippen LogP contribution in [0.15, 0.2) is 40.9 Å². The fourth-order valence-electron chi connectivity index (χ4n) is 3.40. The first kappa shape index (κ1) is 15.0. The van der Waals surface area contributed by atoms with E-state index in [4.69, 9.17) is 10.2 Å². The number of nitrogens with two attached hydrogens (primary N) is 1. The SMILES string of the molecule is NC(=O)c1cnn2c1CC(CNCc1cc3ccccc3o1)CC2. The van der Waals surface area contributed by atoms with Crippen molar-refractivity contribution in [1.82, 2.24) is 15.1 Å². The number of benzene rings is 1. The third kappa shape index (κ3) is 2.80. The molecular formula is C18H20N4O2. The molecule has 0 aliphatic carbocycles. The largest absolute Gasteiger partial charge is 0.460 e. The molecule has 4 rings (SSSR count). The number of furan rings is 1. The molecule has 6 nitrogen and oxygen atoms in total. The molecule has 3 aromatic rings. The van der Waals surface area contributed by atoms with Gasteiger partial charge >= 0.3 is 0 Å². The fourth-order valence-corrected chi connectivity index (χ4v) is 3.40. The van der Waals surface area contributed by atoms with Gasteiger partial charge < -0.3 is 15.5 Å². The van der Waals surface area contributed by atoms with Gasteiger partial charge in [0.05, 0.1) is 24.0 Å². The Labute approximate surface area is 139 Å². The second-order valence-electron chi connectivity index (χ2n) is 6.33. The zero-order valence-corrected chi connectivity index (χ0v) is 13.4. The van der Waals surface area contributed by atoms with Crippen LogP contribution in [0.1, 0.15) is 28.2 Å². The van der Waals surface area contributed by atoms with Crippen LogP contribution in [0.3, 0.4) is 0 Å². The number of aryl methyl sites for hydroxylation is 1. The monoisotopic (exact) mass is 324 g/mol. The maximum atomic E-state index is 11.5. The number of nitrogens with one attached hydrogen (secondary N) is 1. The van der Waals surface area contributed by atoms with Gasteiger partial charge in [0.2, 0.25) is 0 Å². The molecule has 1 atom stereocenters. The number of carbonyl (C=O) groups excluding carboxylic acids is 1. The van der Waals surface area contributed by atoms with Crippen molar-refractivity contribution in [2.75, 3.05) is 6.54 Å². The molecule has 0 saturated heterocycles. The van der Waals surface area contributed by atoms with Crippen LogP contribution in [0.25, 0.3) is 11.0 Å². The summed E-state index contributed by atoms with van der Waals surface area (Å²) in [4.78, 5) is 11.5. The number of hydrogen-bond donors (Lipinski definition) is 2. The van der Waals surface area contributed by atoms with Gasteiger partial charge in [-0.15, -0.1) is 0 Å². The van der Waals surface area contributed by atoms with Crippen molar-refractivity contribution in [2.24, 2.45) is 11.7 Å². The highest BCUT2D eigenvalue weighted by Crippen LogP contribution is 2.23. The van der Waals surface area contributed by atoms with Crippen molar-refractivity contribution >= 4 is 16.9 Å². The van der Waals surface area contributed by atoms with Gasteiger partial charge in [0.25, 0.3) is 5.91 Å². The number of hydrogen-bond acceptors (Lipinski definition) is 4. The van der Waals surface area contributed by atoms with Crippen LogP contribution in [-0.4, -0.2) is 22.2 Å². The Morgan fingerprint density at radius 2 is 2.29 bits per heavy atom. The zero-order valence-electron chi connectivity index (χ0n) is 13.4. The first-order valence-corrected chi connectivity index (χ1v) is 8.23. The first-order chi connectivity index (χ1) is 11.7. The highest BCUT2D eigenvalue weighted by Gasteiger charge is 2.24. The van der Waals surface area contributed by atoms with Crippen LogP contribution < -0.4 is 11.1 Å². The van der Waals surface area contributed by atoms with Crippen LogP contribution in [0.4, 0.5) is 0 Å². The molecule has 3 heterocycles. The lowest BCUT2D eigenvalue weighted by molar-refractivity contribution is 0.0998. The standard InChI is InChI=1S/C18H20N4O2/c19-18(23)15-11-21-22-6-5-12(7-16(15)22)9-20-10-14-8-13-3-1-2-4-17(13)24-14/h1-4,8,11-12,20H,5-7,9-10H2,(H2,19,23). The smallest absolute Gasteiger partial charge is 0.252 e. The molecule has 0 bridgehead atoms. The van der Waals surface area contributed by atoms with Gasteiger partial charge in [0.1, 0.15) is 11.3 Å². The summed E-state index contributed by atoms with van der Waals surface area (Å²) >= 11 is 0. The summed E-state index contributed by atoms with van der Waals surface area (Å²) in [5.41, 5.74) is 7.85. The molecule has 6 heteroatoms. The van der Waals surface area contributed by atoms with E-state index < -0.39 is 5.91 Å². The predicted molar refractivity (Wildman–Crippen MR) is 90.5 cm³/mol. The van der Waals surface area contributed by atoms with Crippen molar-refractivity contribution in [3.05, 3.63) is 53.5 Å². The first-order valence-electron chi connectivity index (χ1n) is 8.23. The van der Waals surface area contributed by atoms with E-state index in [-0.39, 0.29) is 0 Å². The van der Waals surface area contributed by atoms with Gasteiger partial charge in [0, 0.05) is 11.9 Å². The van der Waals surface area contributed by atoms with E-state index in [9.17, 15) is 4.79 Å². The summed E-state index contributed by atoms with van der Waals surface area (Å²) in [5.74, 6) is 1.01. The van der Waals surface area contributed by atoms with Crippen molar-refractivity contribution in [2.45, 2.75) is 25.9 Å². The summed E-state index contributed by atoms with van der Waals surface area (Å²) in [6.45, 7) is 2.41. The highest BCUT2D eigenvalue weighted by atomic mass is 16.3. The Bertz CT molecular complexity index is 847. The molecule has 0 saturated carbocycles. The van der Waals surface area contributed by atoms with E-state index in [1.54, 1.807) is 6.20 Å². The van der Waals surface area contributed by atoms with Gasteiger partial charge in [-0.05, 0) is 37.4 Å². The second-order valence-corrected chi connectivity index (χ2v) is 6.33. The van der Waals surface area contributed by atoms with E-state index in [1.165, 1.54) is 0 Å². The van der Waals surface area contributed by atoms with Gasteiger partial charge in [-0.25, -0.2) is 0 Å². The Kier molecular flexibility index (Phi) is 3.82. The summed E-state index contributed by atoms with van der Waals surface area (Å²) in [7, 11) is 0. The number of rotatable bonds is 5. The van der Waals surface area contributed by atoms with Crippen molar-refractivity contribution in [3.8, 4) is 0 Å². The van der Waals surface area contributed by atoms with Crippen molar-refractivity contribution in [3.63, 3.8) is 0 Å². The van der Waals surface area contributed by atoms with E-state index in [0.717, 1.165) is 48.4 Å². The lowest BCUT2D eigenvalue weighted by atomic mass is 9.94. The number of primary amides is 1. The summed E-state index contributed by atoms with van der Waals surface area (Å²) < 4.78 is 7.71. The minimum absolute atomic E-state index is 0.396. The second kappa shape index (κ2) is 6.13. The van der Waals surface area contributed by atoms with Crippen LogP contribution in [0.5, 0.6) is 0 Å². The molecule has 0 radical (unpaired) electrons. The highest BCUT2D eigenvalue weighted by molar-refractivity contribution is 5.93. The lowest BCUT2D eigenvalue weighted by Crippen LogP contribution is -2.30. The van der Waals surface area contributed by atoms with Crippen LogP contribution >= 0.6 is 0 Å². The van der Waals surface area contributed by atoms with E-state index in [1.807, 2.05) is 22.9 Å². The summed E-state index contributed by atoms with van der Waals surface area (Å²) in [6.07, 6.45) is 3.45. The molecule has 2 aromatic heterocycles. The van der Waals surface area contributed by atoms with E-state index >= 15 is 0 Å². The molecule has 124 valence electrons. The quantitative estimate of drug-likeness (QED) is 0.752. The van der Waals surface area contributed by atoms with Crippen LogP contribution in [0.2, 0.25) is 0 Å². The Morgan fingerprint density at radius 3 is 3.12 bits per heavy atom. The number of amides is 1. The van der Waals surface area contributed by atoms with Gasteiger partial charge in [-0.1, -0.05) is 18.2 Å². The molecule has 1 unspecified atom stereocenters. The maximum absolute atomic E-state index is 11.5. The molecule has 1 aliphatic heterocycles. The van der Waals surface area contributed by atoms with Gasteiger partial charge in [-0.2, -0.15) is 5.10 Å². The van der Waals surface area contributed by atoms with Crippen molar-refractivity contribution in [1.29, 1.82) is 0 Å². The topological polar surface area (TPSA) is 86.1 Å². The average molecular weight is 324 g/mol. The molecule has 0 fully saturated rings. The summed E-state index contributed by atoms with van der Waals surface area (Å²) in [6, 6.07) is 10.1. The summed E-state index contributed by atoms with van der Waals surface area (Å²) in [5, 5.41) is 8.84. The maximum Gasteiger partial charge on any atom is 0.252 e. The Hall–Kier alpha value is -2.60. The average Bonchev–Trinajstić information content (AvgIpc) is 3.17. The van der Waals surface area contributed by atoms with Crippen LogP contribution in [-0.2, 0) is 19.5 Å². The number of carbonyl (C=O) groups is 1. The molecule has 0 spiro atoms. The Balaban J connectivity index is 1.36. The molecule has 24 heavy (non-hydrogen) atoms. The minimum atomic E-state index is -0.396. The number of para-hydroxylation sites is 1. The van der Waals surface area contributed by atoms with Gasteiger partial charge in [-0.3, -0.25) is 9.48 Å². The zero-order chi connectivity index (χ0) is 16.5. The molecule has 1 aliphatic rings. The van der Waals surface area contributed by atoms with Crippen molar-refractivity contribution < 1.29 is 9.21 Å². The third-order valence-electron chi connectivity index (χ3n) is 4.65.